The van der Waals surface area contributed by atoms with Gasteiger partial charge in [0.15, 0.2) is 0 Å². The van der Waals surface area contributed by atoms with Gasteiger partial charge in [0.25, 0.3) is 5.91 Å². The molecule has 0 spiro atoms. The molecule has 0 radical (unpaired) electrons. The van der Waals surface area contributed by atoms with Gasteiger partial charge in [-0.05, 0) is 50.2 Å². The van der Waals surface area contributed by atoms with Crippen LogP contribution < -0.4 is 10.2 Å². The molecule has 4 rings (SSSR count). The van der Waals surface area contributed by atoms with Crippen LogP contribution in [0.3, 0.4) is 0 Å². The molecule has 158 valence electrons. The lowest BCUT2D eigenvalue weighted by Crippen LogP contribution is -2.48. The molecule has 2 aromatic carbocycles. The Labute approximate surface area is 175 Å². The summed E-state index contributed by atoms with van der Waals surface area (Å²) < 4.78 is 33.0. The van der Waals surface area contributed by atoms with Crippen molar-refractivity contribution in [3.63, 3.8) is 0 Å². The molecule has 1 N–H and O–H groups in total. The zero-order valence-electron chi connectivity index (χ0n) is 16.7. The predicted molar refractivity (Wildman–Crippen MR) is 112 cm³/mol. The maximum Gasteiger partial charge on any atom is 0.258 e. The zero-order chi connectivity index (χ0) is 21.5. The minimum Gasteiger partial charge on any atom is -0.373 e. The van der Waals surface area contributed by atoms with Crippen LogP contribution in [0, 0.1) is 0 Å². The minimum absolute atomic E-state index is 0.0978. The van der Waals surface area contributed by atoms with E-state index >= 15 is 0 Å². The summed E-state index contributed by atoms with van der Waals surface area (Å²) in [4.78, 5) is 26.5. The Kier molecular flexibility index (Phi) is 5.35. The number of anilines is 2. The van der Waals surface area contributed by atoms with Crippen LogP contribution in [-0.4, -0.2) is 56.4 Å². The zero-order valence-corrected chi connectivity index (χ0v) is 17.6. The highest BCUT2D eigenvalue weighted by atomic mass is 32.2. The average molecular weight is 429 g/mol. The largest absolute Gasteiger partial charge is 0.373 e. The minimum atomic E-state index is -3.69. The Morgan fingerprint density at radius 1 is 1.03 bits per heavy atom. The Morgan fingerprint density at radius 2 is 1.67 bits per heavy atom. The third-order valence-electron chi connectivity index (χ3n) is 5.14. The fraction of sp³-hybridized carbons (Fsp3) is 0.333. The summed E-state index contributed by atoms with van der Waals surface area (Å²) in [7, 11) is -3.69. The van der Waals surface area contributed by atoms with Crippen molar-refractivity contribution in [1.82, 2.24) is 4.31 Å². The number of sulfonamides is 1. The summed E-state index contributed by atoms with van der Waals surface area (Å²) in [5, 5.41) is 2.74. The van der Waals surface area contributed by atoms with E-state index < -0.39 is 10.0 Å². The molecule has 0 aliphatic carbocycles. The summed E-state index contributed by atoms with van der Waals surface area (Å²) in [5.41, 5.74) is 1.48. The number of hydrogen-bond donors (Lipinski definition) is 1. The summed E-state index contributed by atoms with van der Waals surface area (Å²) in [6.07, 6.45) is -0.371. The lowest BCUT2D eigenvalue weighted by molar-refractivity contribution is -0.115. The lowest BCUT2D eigenvalue weighted by Gasteiger charge is -2.34. The molecule has 2 aromatic rings. The lowest BCUT2D eigenvalue weighted by atomic mass is 10.1. The maximum atomic E-state index is 13.0. The number of carbonyl (C=O) groups is 2. The molecule has 8 nitrogen and oxygen atoms in total. The second-order valence-corrected chi connectivity index (χ2v) is 9.50. The first-order chi connectivity index (χ1) is 14.3. The van der Waals surface area contributed by atoms with Crippen molar-refractivity contribution in [3.05, 3.63) is 54.1 Å². The number of ether oxygens (including phenoxy) is 1. The summed E-state index contributed by atoms with van der Waals surface area (Å²) in [5.74, 6) is -0.647. The number of carbonyl (C=O) groups excluding carboxylic acids is 2. The van der Waals surface area contributed by atoms with Gasteiger partial charge in [0.2, 0.25) is 15.9 Å². The van der Waals surface area contributed by atoms with Crippen molar-refractivity contribution >= 4 is 33.2 Å². The van der Waals surface area contributed by atoms with E-state index in [0.717, 1.165) is 0 Å². The number of amides is 2. The van der Waals surface area contributed by atoms with Crippen LogP contribution in [0.25, 0.3) is 0 Å². The van der Waals surface area contributed by atoms with E-state index in [0.29, 0.717) is 16.9 Å². The maximum absolute atomic E-state index is 13.0. The second-order valence-electron chi connectivity index (χ2n) is 7.56. The molecule has 30 heavy (non-hydrogen) atoms. The van der Waals surface area contributed by atoms with Crippen LogP contribution in [0.2, 0.25) is 0 Å². The number of nitrogens with one attached hydrogen (secondary N) is 1. The van der Waals surface area contributed by atoms with E-state index in [-0.39, 0.29) is 48.6 Å². The normalized spacial score (nSPS) is 22.3. The van der Waals surface area contributed by atoms with Gasteiger partial charge in [0.1, 0.15) is 6.54 Å². The molecule has 9 heteroatoms. The van der Waals surface area contributed by atoms with Crippen molar-refractivity contribution in [2.24, 2.45) is 0 Å². The average Bonchev–Trinajstić information content (AvgIpc) is 2.72. The van der Waals surface area contributed by atoms with E-state index in [1.54, 1.807) is 24.3 Å². The molecule has 0 aromatic heterocycles. The molecule has 2 amide bonds. The van der Waals surface area contributed by atoms with E-state index in [9.17, 15) is 18.0 Å². The molecule has 2 heterocycles. The fourth-order valence-electron chi connectivity index (χ4n) is 3.82. The van der Waals surface area contributed by atoms with Gasteiger partial charge in [0, 0.05) is 18.7 Å². The van der Waals surface area contributed by atoms with Gasteiger partial charge in [-0.15, -0.1) is 0 Å². The van der Waals surface area contributed by atoms with Crippen LogP contribution >= 0.6 is 0 Å². The van der Waals surface area contributed by atoms with E-state index in [2.05, 4.69) is 5.32 Å². The van der Waals surface area contributed by atoms with Crippen LogP contribution in [0.5, 0.6) is 0 Å². The van der Waals surface area contributed by atoms with Crippen molar-refractivity contribution in [3.8, 4) is 0 Å². The Morgan fingerprint density at radius 3 is 2.33 bits per heavy atom. The first-order valence-electron chi connectivity index (χ1n) is 9.72. The number of morpholine rings is 1. The van der Waals surface area contributed by atoms with Crippen LogP contribution in [0.4, 0.5) is 11.4 Å². The molecule has 1 saturated heterocycles. The molecule has 2 unspecified atom stereocenters. The highest BCUT2D eigenvalue weighted by Gasteiger charge is 2.33. The van der Waals surface area contributed by atoms with Gasteiger partial charge in [-0.2, -0.15) is 4.31 Å². The first kappa shape index (κ1) is 20.5. The van der Waals surface area contributed by atoms with E-state index in [4.69, 9.17) is 4.74 Å². The van der Waals surface area contributed by atoms with Gasteiger partial charge >= 0.3 is 0 Å². The van der Waals surface area contributed by atoms with Gasteiger partial charge in [-0.25, -0.2) is 8.42 Å². The molecule has 2 aliphatic heterocycles. The molecule has 0 saturated carbocycles. The Hall–Kier alpha value is -2.75. The van der Waals surface area contributed by atoms with E-state index in [1.807, 2.05) is 13.8 Å². The van der Waals surface area contributed by atoms with Crippen LogP contribution in [0.15, 0.2) is 53.4 Å². The van der Waals surface area contributed by atoms with E-state index in [1.165, 1.54) is 33.5 Å². The molecule has 1 fully saturated rings. The monoisotopic (exact) mass is 429 g/mol. The number of fused-ring (bicyclic) bond motifs is 1. The number of hydrogen-bond acceptors (Lipinski definition) is 5. The Balaban J connectivity index is 1.58. The molecular weight excluding hydrogens is 406 g/mol. The highest BCUT2D eigenvalue weighted by Crippen LogP contribution is 2.30. The second kappa shape index (κ2) is 7.82. The van der Waals surface area contributed by atoms with Gasteiger partial charge in [-0.3, -0.25) is 14.5 Å². The molecule has 2 aliphatic rings. The SMILES string of the molecule is CC1CN(S(=O)(=O)c2ccc(C(=O)N3CC(=O)Nc4ccccc43)cc2)CC(C)O1. The number of benzene rings is 2. The van der Waals surface area contributed by atoms with Crippen LogP contribution in [-0.2, 0) is 19.6 Å². The van der Waals surface area contributed by atoms with Crippen molar-refractivity contribution < 1.29 is 22.7 Å². The molecule has 0 bridgehead atoms. The van der Waals surface area contributed by atoms with Gasteiger partial charge in [-0.1, -0.05) is 12.1 Å². The van der Waals surface area contributed by atoms with Crippen molar-refractivity contribution in [1.29, 1.82) is 0 Å². The summed E-state index contributed by atoms with van der Waals surface area (Å²) in [6, 6.07) is 12.9. The number of nitrogens with zero attached hydrogens (tertiary/aromatic N) is 2. The third-order valence-corrected chi connectivity index (χ3v) is 6.99. The van der Waals surface area contributed by atoms with Crippen molar-refractivity contribution in [2.45, 2.75) is 31.0 Å². The predicted octanol–water partition coefficient (Wildman–Crippen LogP) is 2.08. The van der Waals surface area contributed by atoms with Gasteiger partial charge < -0.3 is 10.1 Å². The van der Waals surface area contributed by atoms with Crippen molar-refractivity contribution in [2.75, 3.05) is 29.9 Å². The van der Waals surface area contributed by atoms with Crippen LogP contribution in [0.1, 0.15) is 24.2 Å². The highest BCUT2D eigenvalue weighted by molar-refractivity contribution is 7.89. The smallest absolute Gasteiger partial charge is 0.258 e. The summed E-state index contributed by atoms with van der Waals surface area (Å²) in [6.45, 7) is 4.15. The Bertz CT molecular complexity index is 1070. The quantitative estimate of drug-likeness (QED) is 0.806. The van der Waals surface area contributed by atoms with Gasteiger partial charge in [0.05, 0.1) is 28.5 Å². The topological polar surface area (TPSA) is 96.0 Å². The molecule has 2 atom stereocenters. The molecular formula is C21H23N3O5S. The first-order valence-corrected chi connectivity index (χ1v) is 11.2. The third kappa shape index (κ3) is 3.83. The fourth-order valence-corrected chi connectivity index (χ4v) is 5.41. The summed E-state index contributed by atoms with van der Waals surface area (Å²) >= 11 is 0. The standard InChI is InChI=1S/C21H23N3O5S/c1-14-11-23(12-15(2)29-14)30(27,28)17-9-7-16(8-10-17)21(26)24-13-20(25)22-18-5-3-4-6-19(18)24/h3-10,14-15H,11-13H2,1-2H3,(H,22,25). The number of para-hydroxylation sites is 2. The number of rotatable bonds is 3.